The van der Waals surface area contributed by atoms with E-state index in [0.29, 0.717) is 25.9 Å². The molecule has 0 unspecified atom stereocenters. The first-order chi connectivity index (χ1) is 10.2. The average Bonchev–Trinajstić information content (AvgIpc) is 2.52. The highest BCUT2D eigenvalue weighted by molar-refractivity contribution is 5.68. The van der Waals surface area contributed by atoms with Crippen LogP contribution in [0.5, 0.6) is 0 Å². The van der Waals surface area contributed by atoms with Gasteiger partial charge in [-0.1, -0.05) is 30.3 Å². The molecule has 5 heteroatoms. The number of ether oxygens (including phenoxy) is 2. The number of hydrogen-bond acceptors (Lipinski definition) is 5. The third-order valence-corrected chi connectivity index (χ3v) is 3.26. The van der Waals surface area contributed by atoms with Gasteiger partial charge in [0.15, 0.2) is 0 Å². The highest BCUT2D eigenvalue weighted by atomic mass is 16.5. The van der Waals surface area contributed by atoms with Gasteiger partial charge < -0.3 is 19.7 Å². The molecular formula is C16H24O5. The lowest BCUT2D eigenvalue weighted by molar-refractivity contribution is -0.141. The van der Waals surface area contributed by atoms with Crippen LogP contribution in [0.2, 0.25) is 0 Å². The lowest BCUT2D eigenvalue weighted by Gasteiger charge is -2.22. The van der Waals surface area contributed by atoms with Crippen LogP contribution in [0.3, 0.4) is 0 Å². The molecule has 1 aromatic carbocycles. The summed E-state index contributed by atoms with van der Waals surface area (Å²) in [5.74, 6) is -0.286. The Morgan fingerprint density at radius 2 is 1.95 bits per heavy atom. The van der Waals surface area contributed by atoms with Gasteiger partial charge in [0.05, 0.1) is 25.9 Å². The molecule has 0 aromatic heterocycles. The summed E-state index contributed by atoms with van der Waals surface area (Å²) in [4.78, 5) is 11.0. The Morgan fingerprint density at radius 3 is 2.57 bits per heavy atom. The summed E-state index contributed by atoms with van der Waals surface area (Å²) in [5, 5.41) is 19.2. The van der Waals surface area contributed by atoms with Crippen molar-refractivity contribution in [3.63, 3.8) is 0 Å². The van der Waals surface area contributed by atoms with Crippen molar-refractivity contribution < 1.29 is 24.5 Å². The first-order valence-electron chi connectivity index (χ1n) is 7.18. The predicted octanol–water partition coefficient (Wildman–Crippen LogP) is 1.66. The van der Waals surface area contributed by atoms with Gasteiger partial charge in [-0.25, -0.2) is 0 Å². The molecule has 21 heavy (non-hydrogen) atoms. The van der Waals surface area contributed by atoms with Gasteiger partial charge in [-0.05, 0) is 24.8 Å². The molecule has 0 saturated heterocycles. The average molecular weight is 296 g/mol. The molecule has 0 aliphatic heterocycles. The van der Waals surface area contributed by atoms with Crippen molar-refractivity contribution in [2.45, 2.75) is 44.5 Å². The molecule has 5 nitrogen and oxygen atoms in total. The van der Waals surface area contributed by atoms with E-state index in [9.17, 15) is 9.90 Å². The molecular weight excluding hydrogens is 272 g/mol. The van der Waals surface area contributed by atoms with E-state index in [4.69, 9.17) is 9.84 Å². The molecule has 0 spiro atoms. The number of rotatable bonds is 10. The fraction of sp³-hybridized carbons (Fsp3) is 0.562. The highest BCUT2D eigenvalue weighted by Crippen LogP contribution is 2.14. The van der Waals surface area contributed by atoms with E-state index in [0.717, 1.165) is 5.56 Å². The molecule has 2 atom stereocenters. The van der Waals surface area contributed by atoms with Crippen molar-refractivity contribution in [2.75, 3.05) is 13.7 Å². The molecule has 0 amide bonds. The van der Waals surface area contributed by atoms with Gasteiger partial charge in [0, 0.05) is 13.0 Å². The molecule has 1 aromatic rings. The number of hydrogen-bond donors (Lipinski definition) is 2. The SMILES string of the molecule is COC(=O)CCC[C@@H](O)[C@H](CCO)OCc1ccccc1. The summed E-state index contributed by atoms with van der Waals surface area (Å²) in [6.45, 7) is 0.340. The number of methoxy groups -OCH3 is 1. The van der Waals surface area contributed by atoms with Gasteiger partial charge in [0.2, 0.25) is 0 Å². The van der Waals surface area contributed by atoms with Crippen LogP contribution in [0.4, 0.5) is 0 Å². The van der Waals surface area contributed by atoms with Crippen LogP contribution >= 0.6 is 0 Å². The quantitative estimate of drug-likeness (QED) is 0.642. The van der Waals surface area contributed by atoms with E-state index in [1.165, 1.54) is 7.11 Å². The maximum Gasteiger partial charge on any atom is 0.305 e. The summed E-state index contributed by atoms with van der Waals surface area (Å²) in [7, 11) is 1.34. The number of carbonyl (C=O) groups is 1. The largest absolute Gasteiger partial charge is 0.469 e. The third-order valence-electron chi connectivity index (χ3n) is 3.26. The standard InChI is InChI=1S/C16H24O5/c1-20-16(19)9-5-8-14(18)15(10-11-17)21-12-13-6-3-2-4-7-13/h2-4,6-7,14-15,17-18H,5,8-12H2,1H3/t14-,15+/m1/s1. The van der Waals surface area contributed by atoms with Gasteiger partial charge in [0.25, 0.3) is 0 Å². The molecule has 1 rings (SSSR count). The van der Waals surface area contributed by atoms with Gasteiger partial charge in [-0.15, -0.1) is 0 Å². The Labute approximate surface area is 125 Å². The van der Waals surface area contributed by atoms with Crippen LogP contribution in [0.25, 0.3) is 0 Å². The van der Waals surface area contributed by atoms with Gasteiger partial charge in [-0.3, -0.25) is 4.79 Å². The second-order valence-corrected chi connectivity index (χ2v) is 4.88. The van der Waals surface area contributed by atoms with Crippen molar-refractivity contribution in [1.82, 2.24) is 0 Å². The van der Waals surface area contributed by atoms with E-state index in [2.05, 4.69) is 4.74 Å². The zero-order valence-corrected chi connectivity index (χ0v) is 12.4. The Bertz CT molecular complexity index is 393. The van der Waals surface area contributed by atoms with Crippen molar-refractivity contribution in [3.8, 4) is 0 Å². The Balaban J connectivity index is 2.38. The molecule has 2 N–H and O–H groups in total. The van der Waals surface area contributed by atoms with Gasteiger partial charge >= 0.3 is 5.97 Å². The predicted molar refractivity (Wildman–Crippen MR) is 78.6 cm³/mol. The zero-order valence-electron chi connectivity index (χ0n) is 12.4. The molecule has 0 heterocycles. The van der Waals surface area contributed by atoms with Crippen LogP contribution in [0, 0.1) is 0 Å². The lowest BCUT2D eigenvalue weighted by atomic mass is 10.0. The van der Waals surface area contributed by atoms with Crippen LogP contribution < -0.4 is 0 Å². The third kappa shape index (κ3) is 7.22. The van der Waals surface area contributed by atoms with E-state index >= 15 is 0 Å². The summed E-state index contributed by atoms with van der Waals surface area (Å²) in [6, 6.07) is 9.66. The molecule has 118 valence electrons. The number of carbonyl (C=O) groups excluding carboxylic acids is 1. The fourth-order valence-corrected chi connectivity index (χ4v) is 2.04. The lowest BCUT2D eigenvalue weighted by Crippen LogP contribution is -2.30. The first-order valence-corrected chi connectivity index (χ1v) is 7.18. The monoisotopic (exact) mass is 296 g/mol. The normalized spacial score (nSPS) is 13.7. The maximum absolute atomic E-state index is 11.0. The second kappa shape index (κ2) is 10.3. The second-order valence-electron chi connectivity index (χ2n) is 4.88. The fourth-order valence-electron chi connectivity index (χ4n) is 2.04. The van der Waals surface area contributed by atoms with Gasteiger partial charge in [-0.2, -0.15) is 0 Å². The Morgan fingerprint density at radius 1 is 1.24 bits per heavy atom. The maximum atomic E-state index is 11.0. The first kappa shape index (κ1) is 17.6. The topological polar surface area (TPSA) is 76.0 Å². The molecule has 0 bridgehead atoms. The van der Waals surface area contributed by atoms with Crippen molar-refractivity contribution >= 4 is 5.97 Å². The molecule has 0 aliphatic rings. The van der Waals surface area contributed by atoms with Crippen LogP contribution in [-0.2, 0) is 20.9 Å². The molecule has 0 fully saturated rings. The molecule has 0 radical (unpaired) electrons. The van der Waals surface area contributed by atoms with Crippen LogP contribution in [-0.4, -0.2) is 42.1 Å². The molecule has 0 aliphatic carbocycles. The van der Waals surface area contributed by atoms with E-state index in [-0.39, 0.29) is 19.0 Å². The van der Waals surface area contributed by atoms with E-state index in [1.54, 1.807) is 0 Å². The summed E-state index contributed by atoms with van der Waals surface area (Å²) >= 11 is 0. The number of benzene rings is 1. The smallest absolute Gasteiger partial charge is 0.305 e. The van der Waals surface area contributed by atoms with Crippen molar-refractivity contribution in [3.05, 3.63) is 35.9 Å². The number of esters is 1. The molecule has 0 saturated carbocycles. The number of aliphatic hydroxyl groups excluding tert-OH is 2. The summed E-state index contributed by atoms with van der Waals surface area (Å²) < 4.78 is 10.2. The Kier molecular flexibility index (Phi) is 8.66. The van der Waals surface area contributed by atoms with Crippen LogP contribution in [0.15, 0.2) is 30.3 Å². The minimum absolute atomic E-state index is 0.0481. The van der Waals surface area contributed by atoms with E-state index in [1.807, 2.05) is 30.3 Å². The van der Waals surface area contributed by atoms with E-state index < -0.39 is 12.2 Å². The van der Waals surface area contributed by atoms with Crippen LogP contribution in [0.1, 0.15) is 31.2 Å². The summed E-state index contributed by atoms with van der Waals surface area (Å²) in [6.07, 6.45) is 0.474. The van der Waals surface area contributed by atoms with Gasteiger partial charge in [0.1, 0.15) is 0 Å². The minimum Gasteiger partial charge on any atom is -0.469 e. The van der Waals surface area contributed by atoms with Crippen molar-refractivity contribution in [2.24, 2.45) is 0 Å². The highest BCUT2D eigenvalue weighted by Gasteiger charge is 2.19. The zero-order chi connectivity index (χ0) is 15.5. The minimum atomic E-state index is -0.703. The van der Waals surface area contributed by atoms with Crippen molar-refractivity contribution in [1.29, 1.82) is 0 Å². The summed E-state index contributed by atoms with van der Waals surface area (Å²) in [5.41, 5.74) is 1.02. The Hall–Kier alpha value is -1.43. The number of aliphatic hydroxyl groups is 2.